The molecule has 9 heavy (non-hydrogen) atoms. The van der Waals surface area contributed by atoms with Gasteiger partial charge in [-0.3, -0.25) is 0 Å². The average Bonchev–Trinajstić information content (AvgIpc) is 2.14. The van der Waals surface area contributed by atoms with E-state index in [-0.39, 0.29) is 0 Å². The molecule has 0 bridgehead atoms. The second kappa shape index (κ2) is 2.31. The maximum Gasteiger partial charge on any atom is 0.0115 e. The van der Waals surface area contributed by atoms with Crippen molar-refractivity contribution in [3.05, 3.63) is 30.6 Å². The Labute approximate surface area is 60.4 Å². The van der Waals surface area contributed by atoms with Gasteiger partial charge in [0.1, 0.15) is 0 Å². The van der Waals surface area contributed by atoms with Crippen molar-refractivity contribution in [3.8, 4) is 0 Å². The minimum atomic E-state index is 0.815. The van der Waals surface area contributed by atoms with Crippen LogP contribution in [-0.4, -0.2) is 4.57 Å². The zero-order valence-electron chi connectivity index (χ0n) is 5.33. The van der Waals surface area contributed by atoms with Crippen LogP contribution >= 0.6 is 12.6 Å². The Balaban J connectivity index is 2.98. The summed E-state index contributed by atoms with van der Waals surface area (Å²) in [7, 11) is 1.97. The first-order valence-corrected chi connectivity index (χ1v) is 3.15. The molecule has 0 unspecified atom stereocenters. The molecule has 1 aromatic rings. The van der Waals surface area contributed by atoms with E-state index in [1.165, 1.54) is 0 Å². The van der Waals surface area contributed by atoms with E-state index in [0.717, 1.165) is 10.5 Å². The number of aryl methyl sites for hydroxylation is 1. The van der Waals surface area contributed by atoms with E-state index >= 15 is 0 Å². The molecule has 1 heterocycles. The van der Waals surface area contributed by atoms with Gasteiger partial charge in [0.05, 0.1) is 0 Å². The summed E-state index contributed by atoms with van der Waals surface area (Å²) in [4.78, 5) is 0.815. The topological polar surface area (TPSA) is 4.93 Å². The lowest BCUT2D eigenvalue weighted by Gasteiger charge is -1.88. The van der Waals surface area contributed by atoms with Crippen LogP contribution in [0.1, 0.15) is 5.56 Å². The maximum atomic E-state index is 4.09. The van der Waals surface area contributed by atoms with E-state index in [2.05, 4.69) is 19.2 Å². The predicted molar refractivity (Wildman–Crippen MR) is 43.4 cm³/mol. The quantitative estimate of drug-likeness (QED) is 0.567. The van der Waals surface area contributed by atoms with E-state index in [1.807, 2.05) is 30.1 Å². The normalized spacial score (nSPS) is 9.56. The first-order valence-electron chi connectivity index (χ1n) is 2.70. The highest BCUT2D eigenvalue weighted by molar-refractivity contribution is 7.90. The molecule has 0 fully saturated rings. The minimum absolute atomic E-state index is 0.815. The molecule has 0 saturated heterocycles. The van der Waals surface area contributed by atoms with Gasteiger partial charge in [0.15, 0.2) is 0 Å². The zero-order valence-corrected chi connectivity index (χ0v) is 6.23. The number of hydrogen-bond acceptors (Lipinski definition) is 1. The van der Waals surface area contributed by atoms with Crippen LogP contribution in [0.3, 0.4) is 0 Å². The van der Waals surface area contributed by atoms with Crippen LogP contribution in [-0.2, 0) is 7.05 Å². The fourth-order valence-corrected chi connectivity index (χ4v) is 0.806. The largest absolute Gasteiger partial charge is 0.357 e. The monoisotopic (exact) mass is 139 g/mol. The van der Waals surface area contributed by atoms with Crippen LogP contribution < -0.4 is 0 Å². The van der Waals surface area contributed by atoms with Crippen molar-refractivity contribution >= 4 is 17.5 Å². The molecule has 1 rings (SSSR count). The summed E-state index contributed by atoms with van der Waals surface area (Å²) >= 11 is 4.09. The van der Waals surface area contributed by atoms with Crippen LogP contribution in [0.2, 0.25) is 0 Å². The number of nitrogens with zero attached hydrogens (tertiary/aromatic N) is 1. The molecule has 0 amide bonds. The van der Waals surface area contributed by atoms with E-state index in [0.29, 0.717) is 0 Å². The predicted octanol–water partition coefficient (Wildman–Crippen LogP) is 1.93. The molecule has 0 aliphatic carbocycles. The Morgan fingerprint density at radius 1 is 1.78 bits per heavy atom. The Morgan fingerprint density at radius 2 is 2.44 bits per heavy atom. The fourth-order valence-electron chi connectivity index (χ4n) is 0.674. The summed E-state index contributed by atoms with van der Waals surface area (Å²) in [5.74, 6) is 0. The number of rotatable bonds is 1. The summed E-state index contributed by atoms with van der Waals surface area (Å²) in [6.45, 7) is 3.69. The summed E-state index contributed by atoms with van der Waals surface area (Å²) in [6.07, 6.45) is 3.95. The van der Waals surface area contributed by atoms with Gasteiger partial charge in [-0.25, -0.2) is 0 Å². The lowest BCUT2D eigenvalue weighted by atomic mass is 10.3. The highest BCUT2D eigenvalue weighted by Gasteiger charge is 1.92. The Morgan fingerprint density at radius 3 is 2.67 bits per heavy atom. The molecular formula is C7H9NS. The Kier molecular flexibility index (Phi) is 1.67. The van der Waals surface area contributed by atoms with Crippen LogP contribution in [0.4, 0.5) is 0 Å². The van der Waals surface area contributed by atoms with Crippen molar-refractivity contribution in [1.82, 2.24) is 4.57 Å². The Hall–Kier alpha value is -0.630. The van der Waals surface area contributed by atoms with Crippen molar-refractivity contribution in [2.24, 2.45) is 7.05 Å². The third-order valence-electron chi connectivity index (χ3n) is 1.17. The van der Waals surface area contributed by atoms with E-state index in [9.17, 15) is 0 Å². The molecule has 2 heteroatoms. The van der Waals surface area contributed by atoms with E-state index in [1.54, 1.807) is 0 Å². The molecule has 0 aliphatic heterocycles. The van der Waals surface area contributed by atoms with Crippen molar-refractivity contribution in [2.45, 2.75) is 0 Å². The molecule has 0 N–H and O–H groups in total. The zero-order chi connectivity index (χ0) is 6.85. The summed E-state index contributed by atoms with van der Waals surface area (Å²) in [5, 5.41) is 0. The van der Waals surface area contributed by atoms with Gasteiger partial charge in [-0.1, -0.05) is 6.58 Å². The van der Waals surface area contributed by atoms with Crippen molar-refractivity contribution in [3.63, 3.8) is 0 Å². The van der Waals surface area contributed by atoms with Gasteiger partial charge >= 0.3 is 0 Å². The Bertz CT molecular complexity index is 225. The number of aromatic nitrogens is 1. The molecule has 0 saturated carbocycles. The third-order valence-corrected chi connectivity index (χ3v) is 1.42. The molecule has 0 aromatic carbocycles. The first kappa shape index (κ1) is 6.49. The molecule has 0 spiro atoms. The van der Waals surface area contributed by atoms with Crippen molar-refractivity contribution in [2.75, 3.05) is 0 Å². The summed E-state index contributed by atoms with van der Waals surface area (Å²) in [5.41, 5.74) is 1.08. The molecule has 1 nitrogen and oxygen atoms in total. The fraction of sp³-hybridized carbons (Fsp3) is 0.143. The highest BCUT2D eigenvalue weighted by Crippen LogP contribution is 2.14. The standard InChI is InChI=1S/C7H9NS/c1-6(9)7-3-4-8(2)5-7/h3-5,9H,1H2,2H3. The van der Waals surface area contributed by atoms with Gasteiger partial charge in [0.2, 0.25) is 0 Å². The average molecular weight is 139 g/mol. The van der Waals surface area contributed by atoms with Crippen LogP contribution in [0.25, 0.3) is 4.91 Å². The second-order valence-corrected chi connectivity index (χ2v) is 2.55. The molecular weight excluding hydrogens is 130 g/mol. The molecule has 1 aromatic heterocycles. The molecule has 48 valence electrons. The van der Waals surface area contributed by atoms with Gasteiger partial charge in [-0.2, -0.15) is 0 Å². The van der Waals surface area contributed by atoms with Crippen LogP contribution in [0.5, 0.6) is 0 Å². The van der Waals surface area contributed by atoms with E-state index < -0.39 is 0 Å². The maximum absolute atomic E-state index is 4.09. The van der Waals surface area contributed by atoms with Gasteiger partial charge < -0.3 is 4.57 Å². The highest BCUT2D eigenvalue weighted by atomic mass is 32.1. The van der Waals surface area contributed by atoms with Crippen LogP contribution in [0, 0.1) is 0 Å². The number of thiol groups is 1. The van der Waals surface area contributed by atoms with Gasteiger partial charge in [0, 0.05) is 29.9 Å². The molecule has 0 radical (unpaired) electrons. The first-order chi connectivity index (χ1) is 4.20. The lowest BCUT2D eigenvalue weighted by molar-refractivity contribution is 0.927. The smallest absolute Gasteiger partial charge is 0.0115 e. The van der Waals surface area contributed by atoms with E-state index in [4.69, 9.17) is 0 Å². The molecule has 0 atom stereocenters. The van der Waals surface area contributed by atoms with Crippen LogP contribution in [0.15, 0.2) is 25.0 Å². The third kappa shape index (κ3) is 1.39. The summed E-state index contributed by atoms with van der Waals surface area (Å²) in [6, 6.07) is 1.98. The van der Waals surface area contributed by atoms with Gasteiger partial charge in [-0.15, -0.1) is 12.6 Å². The minimum Gasteiger partial charge on any atom is -0.357 e. The molecule has 0 aliphatic rings. The second-order valence-electron chi connectivity index (χ2n) is 2.01. The summed E-state index contributed by atoms with van der Waals surface area (Å²) < 4.78 is 1.97. The SMILES string of the molecule is C=C(S)c1ccn(C)c1. The van der Waals surface area contributed by atoms with Crippen molar-refractivity contribution in [1.29, 1.82) is 0 Å². The van der Waals surface area contributed by atoms with Gasteiger partial charge in [0.25, 0.3) is 0 Å². The van der Waals surface area contributed by atoms with Gasteiger partial charge in [-0.05, 0) is 6.07 Å². The van der Waals surface area contributed by atoms with Crippen molar-refractivity contribution < 1.29 is 0 Å². The number of hydrogen-bond donors (Lipinski definition) is 1. The lowest BCUT2D eigenvalue weighted by Crippen LogP contribution is -1.77.